The Morgan fingerprint density at radius 1 is 1.24 bits per heavy atom. The van der Waals surface area contributed by atoms with E-state index in [2.05, 4.69) is 9.97 Å². The Hall–Kier alpha value is -1.62. The Labute approximate surface area is 103 Å². The molecule has 5 heteroatoms. The molecule has 2 aromatic rings. The predicted molar refractivity (Wildman–Crippen MR) is 67.1 cm³/mol. The molecule has 0 saturated carbocycles. The minimum absolute atomic E-state index is 0.231. The van der Waals surface area contributed by atoms with E-state index in [9.17, 15) is 4.39 Å². The first-order valence-corrected chi connectivity index (χ1v) is 6.10. The molecule has 1 heterocycles. The van der Waals surface area contributed by atoms with Crippen molar-refractivity contribution in [3.63, 3.8) is 0 Å². The van der Waals surface area contributed by atoms with Gasteiger partial charge >= 0.3 is 0 Å². The van der Waals surface area contributed by atoms with Crippen molar-refractivity contribution < 1.29 is 4.39 Å². The average molecular weight is 249 g/mol. The number of rotatable bonds is 3. The van der Waals surface area contributed by atoms with Gasteiger partial charge in [0.2, 0.25) is 0 Å². The number of halogens is 1. The number of thioether (sulfide) groups is 1. The van der Waals surface area contributed by atoms with E-state index in [1.165, 1.54) is 12.1 Å². The summed E-state index contributed by atoms with van der Waals surface area (Å²) in [6.45, 7) is 1.88. The van der Waals surface area contributed by atoms with Gasteiger partial charge in [-0.2, -0.15) is 0 Å². The SMILES string of the molecule is Cc1cc(N)nc(CSc2ccc(F)cc2)n1. The highest BCUT2D eigenvalue weighted by Crippen LogP contribution is 2.21. The average Bonchev–Trinajstić information content (AvgIpc) is 2.27. The molecule has 0 unspecified atom stereocenters. The van der Waals surface area contributed by atoms with Crippen LogP contribution in [0.3, 0.4) is 0 Å². The van der Waals surface area contributed by atoms with Crippen LogP contribution >= 0.6 is 11.8 Å². The van der Waals surface area contributed by atoms with Crippen LogP contribution in [0, 0.1) is 12.7 Å². The summed E-state index contributed by atoms with van der Waals surface area (Å²) in [4.78, 5) is 9.40. The van der Waals surface area contributed by atoms with E-state index in [1.807, 2.05) is 6.92 Å². The van der Waals surface area contributed by atoms with Gasteiger partial charge in [0.05, 0.1) is 5.75 Å². The molecule has 2 N–H and O–H groups in total. The minimum Gasteiger partial charge on any atom is -0.384 e. The number of hydrogen-bond donors (Lipinski definition) is 1. The summed E-state index contributed by atoms with van der Waals surface area (Å²) in [6.07, 6.45) is 0. The van der Waals surface area contributed by atoms with E-state index in [1.54, 1.807) is 30.0 Å². The van der Waals surface area contributed by atoms with Gasteiger partial charge in [-0.25, -0.2) is 14.4 Å². The Bertz CT molecular complexity index is 493. The fraction of sp³-hybridized carbons (Fsp3) is 0.167. The topological polar surface area (TPSA) is 51.8 Å². The van der Waals surface area contributed by atoms with Gasteiger partial charge in [-0.15, -0.1) is 11.8 Å². The summed E-state index contributed by atoms with van der Waals surface area (Å²) in [5.74, 6) is 1.56. The monoisotopic (exact) mass is 249 g/mol. The van der Waals surface area contributed by atoms with Crippen LogP contribution in [-0.4, -0.2) is 9.97 Å². The molecular weight excluding hydrogens is 237 g/mol. The van der Waals surface area contributed by atoms with E-state index in [4.69, 9.17) is 5.73 Å². The van der Waals surface area contributed by atoms with Gasteiger partial charge in [0.25, 0.3) is 0 Å². The Balaban J connectivity index is 2.04. The van der Waals surface area contributed by atoms with Gasteiger partial charge < -0.3 is 5.73 Å². The number of nitrogens with zero attached hydrogens (tertiary/aromatic N) is 2. The maximum absolute atomic E-state index is 12.7. The first kappa shape index (κ1) is 11.9. The van der Waals surface area contributed by atoms with E-state index in [-0.39, 0.29) is 5.82 Å². The number of anilines is 1. The maximum atomic E-state index is 12.7. The van der Waals surface area contributed by atoms with Gasteiger partial charge in [-0.05, 0) is 31.2 Å². The Morgan fingerprint density at radius 2 is 1.94 bits per heavy atom. The van der Waals surface area contributed by atoms with E-state index in [0.717, 1.165) is 10.6 Å². The summed E-state index contributed by atoms with van der Waals surface area (Å²) < 4.78 is 12.7. The second-order valence-electron chi connectivity index (χ2n) is 3.59. The molecule has 0 fully saturated rings. The van der Waals surface area contributed by atoms with Crippen LogP contribution < -0.4 is 5.73 Å². The van der Waals surface area contributed by atoms with Crippen molar-refractivity contribution in [3.8, 4) is 0 Å². The molecule has 0 aliphatic heterocycles. The zero-order valence-corrected chi connectivity index (χ0v) is 10.2. The van der Waals surface area contributed by atoms with Crippen molar-refractivity contribution in [2.24, 2.45) is 0 Å². The van der Waals surface area contributed by atoms with Crippen molar-refractivity contribution in [1.82, 2.24) is 9.97 Å². The van der Waals surface area contributed by atoms with Crippen molar-refractivity contribution >= 4 is 17.6 Å². The second-order valence-corrected chi connectivity index (χ2v) is 4.64. The number of nitrogen functional groups attached to an aromatic ring is 1. The molecule has 3 nitrogen and oxygen atoms in total. The second kappa shape index (κ2) is 5.14. The molecule has 1 aromatic heterocycles. The number of aromatic nitrogens is 2. The highest BCUT2D eigenvalue weighted by Gasteiger charge is 2.01. The molecule has 0 aliphatic rings. The summed E-state index contributed by atoms with van der Waals surface area (Å²) in [5, 5.41) is 0. The zero-order valence-electron chi connectivity index (χ0n) is 9.35. The lowest BCUT2D eigenvalue weighted by atomic mass is 10.4. The third-order valence-electron chi connectivity index (χ3n) is 2.10. The van der Waals surface area contributed by atoms with Crippen LogP contribution in [0.4, 0.5) is 10.2 Å². The van der Waals surface area contributed by atoms with Crippen molar-refractivity contribution in [3.05, 3.63) is 47.7 Å². The summed E-state index contributed by atoms with van der Waals surface area (Å²) in [7, 11) is 0. The summed E-state index contributed by atoms with van der Waals surface area (Å²) >= 11 is 1.55. The molecule has 0 aliphatic carbocycles. The largest absolute Gasteiger partial charge is 0.384 e. The Morgan fingerprint density at radius 3 is 2.59 bits per heavy atom. The number of nitrogens with two attached hydrogens (primary N) is 1. The molecule has 1 aromatic carbocycles. The molecule has 0 radical (unpaired) electrons. The van der Waals surface area contributed by atoms with E-state index < -0.39 is 0 Å². The van der Waals surface area contributed by atoms with Crippen LogP contribution in [0.1, 0.15) is 11.5 Å². The van der Waals surface area contributed by atoms with Crippen LogP contribution in [0.5, 0.6) is 0 Å². The Kier molecular flexibility index (Phi) is 3.58. The fourth-order valence-electron chi connectivity index (χ4n) is 1.40. The molecule has 0 amide bonds. The fourth-order valence-corrected chi connectivity index (χ4v) is 2.15. The normalized spacial score (nSPS) is 10.5. The van der Waals surface area contributed by atoms with E-state index >= 15 is 0 Å². The molecule has 17 heavy (non-hydrogen) atoms. The lowest BCUT2D eigenvalue weighted by Gasteiger charge is -2.03. The van der Waals surface area contributed by atoms with Crippen LogP contribution in [0.15, 0.2) is 35.2 Å². The van der Waals surface area contributed by atoms with E-state index in [0.29, 0.717) is 17.4 Å². The first-order valence-electron chi connectivity index (χ1n) is 5.12. The lowest BCUT2D eigenvalue weighted by Crippen LogP contribution is -1.99. The smallest absolute Gasteiger partial charge is 0.141 e. The van der Waals surface area contributed by atoms with Crippen LogP contribution in [-0.2, 0) is 5.75 Å². The van der Waals surface area contributed by atoms with Crippen LogP contribution in [0.2, 0.25) is 0 Å². The summed E-state index contributed by atoms with van der Waals surface area (Å²) in [5.41, 5.74) is 6.49. The molecule has 0 bridgehead atoms. The molecular formula is C12H12FN3S. The predicted octanol–water partition coefficient (Wildman–Crippen LogP) is 2.80. The quantitative estimate of drug-likeness (QED) is 0.850. The molecule has 88 valence electrons. The van der Waals surface area contributed by atoms with Crippen molar-refractivity contribution in [1.29, 1.82) is 0 Å². The third-order valence-corrected chi connectivity index (χ3v) is 3.11. The van der Waals surface area contributed by atoms with Gasteiger partial charge in [0, 0.05) is 16.7 Å². The molecule has 0 atom stereocenters. The number of benzene rings is 1. The zero-order chi connectivity index (χ0) is 12.3. The molecule has 2 rings (SSSR count). The van der Waals surface area contributed by atoms with Gasteiger partial charge in [0.1, 0.15) is 17.5 Å². The van der Waals surface area contributed by atoms with Gasteiger partial charge in [0.15, 0.2) is 0 Å². The number of aryl methyl sites for hydroxylation is 1. The van der Waals surface area contributed by atoms with Crippen molar-refractivity contribution in [2.75, 3.05) is 5.73 Å². The standard InChI is InChI=1S/C12H12FN3S/c1-8-6-11(14)16-12(15-8)7-17-10-4-2-9(13)3-5-10/h2-6H,7H2,1H3,(H2,14,15,16). The van der Waals surface area contributed by atoms with Crippen molar-refractivity contribution in [2.45, 2.75) is 17.6 Å². The first-order chi connectivity index (χ1) is 8.13. The van der Waals surface area contributed by atoms with Gasteiger partial charge in [-0.1, -0.05) is 0 Å². The lowest BCUT2D eigenvalue weighted by molar-refractivity contribution is 0.626. The summed E-state index contributed by atoms with van der Waals surface area (Å²) in [6, 6.07) is 8.08. The molecule has 0 saturated heterocycles. The van der Waals surface area contributed by atoms with Crippen LogP contribution in [0.25, 0.3) is 0 Å². The highest BCUT2D eigenvalue weighted by molar-refractivity contribution is 7.98. The maximum Gasteiger partial charge on any atom is 0.141 e. The minimum atomic E-state index is -0.231. The van der Waals surface area contributed by atoms with Gasteiger partial charge in [-0.3, -0.25) is 0 Å². The number of hydrogen-bond acceptors (Lipinski definition) is 4. The highest BCUT2D eigenvalue weighted by atomic mass is 32.2. The molecule has 0 spiro atoms. The third kappa shape index (κ3) is 3.42.